The first-order valence-corrected chi connectivity index (χ1v) is 6.35. The van der Waals surface area contributed by atoms with Crippen LogP contribution in [0, 0.1) is 5.92 Å². The maximum Gasteiger partial charge on any atom is 0.326 e. The van der Waals surface area contributed by atoms with Crippen LogP contribution >= 0.6 is 0 Å². The molecule has 1 aromatic heterocycles. The minimum absolute atomic E-state index is 0.182. The Hall–Kier alpha value is -2.05. The highest BCUT2D eigenvalue weighted by Crippen LogP contribution is 2.22. The molecule has 4 N–H and O–H groups in total. The quantitative estimate of drug-likeness (QED) is 0.638. The Labute approximate surface area is 110 Å². The maximum absolute atomic E-state index is 12.1. The summed E-state index contributed by atoms with van der Waals surface area (Å²) in [6.07, 6.45) is 1.69. The van der Waals surface area contributed by atoms with Crippen LogP contribution in [0.3, 0.4) is 0 Å². The number of nitrogens with zero attached hydrogens (tertiary/aromatic N) is 1. The number of anilines is 1. The normalized spacial score (nSPS) is 15.5. The number of carbonyl (C=O) groups excluding carboxylic acids is 1. The number of amides is 1. The van der Waals surface area contributed by atoms with Gasteiger partial charge >= 0.3 is 5.97 Å². The van der Waals surface area contributed by atoms with Gasteiger partial charge in [-0.05, 0) is 18.8 Å². The third-order valence-electron chi connectivity index (χ3n) is 3.21. The molecule has 0 spiro atoms. The van der Waals surface area contributed by atoms with Gasteiger partial charge in [0.15, 0.2) is 5.82 Å². The van der Waals surface area contributed by atoms with Gasteiger partial charge in [-0.15, -0.1) is 0 Å². The summed E-state index contributed by atoms with van der Waals surface area (Å²) < 4.78 is 0. The Balaban J connectivity index is 2.16. The molecule has 0 unspecified atom stereocenters. The zero-order valence-corrected chi connectivity index (χ0v) is 11.0. The Kier molecular flexibility index (Phi) is 3.73. The van der Waals surface area contributed by atoms with E-state index in [1.807, 2.05) is 0 Å². The monoisotopic (exact) mass is 266 g/mol. The van der Waals surface area contributed by atoms with E-state index < -0.39 is 17.9 Å². The van der Waals surface area contributed by atoms with Gasteiger partial charge in [-0.2, -0.15) is 5.10 Å². The molecule has 1 atom stereocenters. The molecule has 0 aromatic carbocycles. The van der Waals surface area contributed by atoms with Gasteiger partial charge in [0.1, 0.15) is 11.7 Å². The largest absolute Gasteiger partial charge is 0.480 e. The Bertz CT molecular complexity index is 495. The van der Waals surface area contributed by atoms with Gasteiger partial charge in [0.25, 0.3) is 5.91 Å². The molecule has 2 heterocycles. The molecule has 0 fully saturated rings. The van der Waals surface area contributed by atoms with Crippen molar-refractivity contribution in [3.8, 4) is 0 Å². The van der Waals surface area contributed by atoms with Crippen molar-refractivity contribution in [3.63, 3.8) is 0 Å². The number of carbonyl (C=O) groups is 2. The number of aromatic nitrogens is 2. The van der Waals surface area contributed by atoms with Crippen LogP contribution in [0.15, 0.2) is 0 Å². The van der Waals surface area contributed by atoms with Gasteiger partial charge in [-0.1, -0.05) is 13.8 Å². The number of hydrogen-bond donors (Lipinski definition) is 4. The number of carboxylic acids is 1. The smallest absolute Gasteiger partial charge is 0.326 e. The molecule has 0 bridgehead atoms. The molecule has 1 aliphatic rings. The van der Waals surface area contributed by atoms with E-state index in [-0.39, 0.29) is 5.92 Å². The molecule has 0 saturated heterocycles. The van der Waals surface area contributed by atoms with Gasteiger partial charge in [-0.3, -0.25) is 9.89 Å². The van der Waals surface area contributed by atoms with E-state index in [0.29, 0.717) is 11.5 Å². The highest BCUT2D eigenvalue weighted by atomic mass is 16.4. The van der Waals surface area contributed by atoms with Crippen LogP contribution < -0.4 is 10.6 Å². The number of rotatable bonds is 4. The lowest BCUT2D eigenvalue weighted by Gasteiger charge is -2.18. The minimum atomic E-state index is -1.03. The molecule has 0 saturated carbocycles. The van der Waals surface area contributed by atoms with Gasteiger partial charge in [0, 0.05) is 12.1 Å². The summed E-state index contributed by atoms with van der Waals surface area (Å²) in [4.78, 5) is 23.2. The topological polar surface area (TPSA) is 107 Å². The van der Waals surface area contributed by atoms with Crippen LogP contribution in [-0.4, -0.2) is 39.8 Å². The molecular weight excluding hydrogens is 248 g/mol. The number of fused-ring (bicyclic) bond motifs is 1. The van der Waals surface area contributed by atoms with Crippen molar-refractivity contribution in [2.45, 2.75) is 32.7 Å². The van der Waals surface area contributed by atoms with E-state index >= 15 is 0 Å². The van der Waals surface area contributed by atoms with Crippen molar-refractivity contribution in [1.82, 2.24) is 15.5 Å². The molecule has 1 aromatic rings. The van der Waals surface area contributed by atoms with Crippen molar-refractivity contribution in [3.05, 3.63) is 11.3 Å². The second-order valence-corrected chi connectivity index (χ2v) is 4.99. The molecule has 0 radical (unpaired) electrons. The minimum Gasteiger partial charge on any atom is -0.480 e. The summed E-state index contributed by atoms with van der Waals surface area (Å²) in [5.74, 6) is -0.945. The van der Waals surface area contributed by atoms with Crippen molar-refractivity contribution >= 4 is 17.7 Å². The standard InChI is InChI=1S/C12H18N4O3/c1-6(2)8(12(18)19)14-11(17)9-7-4-3-5-13-10(7)16-15-9/h6,8H,3-5H2,1-2H3,(H,14,17)(H,18,19)(H2,13,15,16)/t8-/m1/s1. The molecule has 7 nitrogen and oxygen atoms in total. The number of nitrogens with one attached hydrogen (secondary N) is 3. The van der Waals surface area contributed by atoms with Crippen LogP contribution in [0.1, 0.15) is 36.3 Å². The summed E-state index contributed by atoms with van der Waals surface area (Å²) in [6, 6.07) is -0.900. The summed E-state index contributed by atoms with van der Waals surface area (Å²) >= 11 is 0. The van der Waals surface area contributed by atoms with Gasteiger partial charge in [-0.25, -0.2) is 4.79 Å². The van der Waals surface area contributed by atoms with Crippen molar-refractivity contribution in [1.29, 1.82) is 0 Å². The molecule has 104 valence electrons. The SMILES string of the molecule is CC(C)[C@@H](NC(=O)c1[nH]nc2c1CCCN2)C(=O)O. The number of hydrogen-bond acceptors (Lipinski definition) is 4. The van der Waals surface area contributed by atoms with Crippen molar-refractivity contribution in [2.24, 2.45) is 5.92 Å². The highest BCUT2D eigenvalue weighted by Gasteiger charge is 2.27. The second-order valence-electron chi connectivity index (χ2n) is 4.99. The average Bonchev–Trinajstić information content (AvgIpc) is 2.78. The lowest BCUT2D eigenvalue weighted by Crippen LogP contribution is -2.44. The maximum atomic E-state index is 12.1. The third-order valence-corrected chi connectivity index (χ3v) is 3.21. The Morgan fingerprint density at radius 2 is 2.16 bits per heavy atom. The van der Waals surface area contributed by atoms with Crippen LogP contribution in [0.4, 0.5) is 5.82 Å². The zero-order valence-electron chi connectivity index (χ0n) is 11.0. The Morgan fingerprint density at radius 3 is 2.79 bits per heavy atom. The van der Waals surface area contributed by atoms with E-state index in [9.17, 15) is 9.59 Å². The van der Waals surface area contributed by atoms with Crippen LogP contribution in [-0.2, 0) is 11.2 Å². The first kappa shape index (κ1) is 13.4. The van der Waals surface area contributed by atoms with Crippen LogP contribution in [0.2, 0.25) is 0 Å². The molecule has 0 aliphatic carbocycles. The fourth-order valence-electron chi connectivity index (χ4n) is 2.14. The van der Waals surface area contributed by atoms with Crippen molar-refractivity contribution in [2.75, 3.05) is 11.9 Å². The summed E-state index contributed by atoms with van der Waals surface area (Å²) in [5.41, 5.74) is 1.19. The van der Waals surface area contributed by atoms with E-state index in [1.54, 1.807) is 13.8 Å². The van der Waals surface area contributed by atoms with E-state index in [4.69, 9.17) is 5.11 Å². The molecule has 1 amide bonds. The fourth-order valence-corrected chi connectivity index (χ4v) is 2.14. The average molecular weight is 266 g/mol. The lowest BCUT2D eigenvalue weighted by atomic mass is 10.0. The van der Waals surface area contributed by atoms with Gasteiger partial charge < -0.3 is 15.7 Å². The number of carboxylic acid groups (broad SMARTS) is 1. The predicted octanol–water partition coefficient (Wildman–Crippen LogP) is 0.607. The number of H-pyrrole nitrogens is 1. The van der Waals surface area contributed by atoms with Crippen molar-refractivity contribution < 1.29 is 14.7 Å². The first-order chi connectivity index (χ1) is 9.00. The lowest BCUT2D eigenvalue weighted by molar-refractivity contribution is -0.140. The molecular formula is C12H18N4O3. The highest BCUT2D eigenvalue weighted by molar-refractivity contribution is 5.97. The number of aromatic amines is 1. The van der Waals surface area contributed by atoms with Crippen LogP contribution in [0.5, 0.6) is 0 Å². The van der Waals surface area contributed by atoms with Gasteiger partial charge in [0.05, 0.1) is 0 Å². The summed E-state index contributed by atoms with van der Waals surface area (Å²) in [5, 5.41) is 21.4. The summed E-state index contributed by atoms with van der Waals surface area (Å²) in [6.45, 7) is 4.34. The summed E-state index contributed by atoms with van der Waals surface area (Å²) in [7, 11) is 0. The third kappa shape index (κ3) is 2.69. The molecule has 19 heavy (non-hydrogen) atoms. The van der Waals surface area contributed by atoms with Gasteiger partial charge in [0.2, 0.25) is 0 Å². The van der Waals surface area contributed by atoms with E-state index in [2.05, 4.69) is 20.8 Å². The Morgan fingerprint density at radius 1 is 1.42 bits per heavy atom. The first-order valence-electron chi connectivity index (χ1n) is 6.35. The van der Waals surface area contributed by atoms with E-state index in [0.717, 1.165) is 24.9 Å². The second kappa shape index (κ2) is 5.29. The van der Waals surface area contributed by atoms with Crippen LogP contribution in [0.25, 0.3) is 0 Å². The van der Waals surface area contributed by atoms with E-state index in [1.165, 1.54) is 0 Å². The molecule has 1 aliphatic heterocycles. The fraction of sp³-hybridized carbons (Fsp3) is 0.583. The molecule has 7 heteroatoms. The number of aliphatic carboxylic acids is 1. The zero-order chi connectivity index (χ0) is 14.0. The predicted molar refractivity (Wildman–Crippen MR) is 69.1 cm³/mol. The molecule has 2 rings (SSSR count).